The molecule has 3 rings (SSSR count). The van der Waals surface area contributed by atoms with Crippen molar-refractivity contribution in [2.45, 2.75) is 17.9 Å². The van der Waals surface area contributed by atoms with Crippen LogP contribution in [0.1, 0.15) is 5.56 Å². The summed E-state index contributed by atoms with van der Waals surface area (Å²) >= 11 is 13.9. The Morgan fingerprint density at radius 3 is 2.41 bits per heavy atom. The van der Waals surface area contributed by atoms with Gasteiger partial charge in [0.2, 0.25) is 0 Å². The summed E-state index contributed by atoms with van der Waals surface area (Å²) < 4.78 is 30.8. The monoisotopic (exact) mass is 472 g/mol. The Hall–Kier alpha value is -1.71. The van der Waals surface area contributed by atoms with Crippen LogP contribution in [0.25, 0.3) is 10.2 Å². The number of hydrogen-bond acceptors (Lipinski definition) is 5. The molecule has 0 atom stereocenters. The number of fused-ring (bicyclic) bond motifs is 1. The van der Waals surface area contributed by atoms with E-state index in [0.717, 1.165) is 11.0 Å². The molecule has 0 aliphatic rings. The van der Waals surface area contributed by atoms with Crippen molar-refractivity contribution < 1.29 is 17.9 Å². The average molecular weight is 473 g/mol. The molecule has 0 fully saturated rings. The van der Waals surface area contributed by atoms with Gasteiger partial charge in [0.15, 0.2) is 14.6 Å². The molecule has 29 heavy (non-hydrogen) atoms. The molecule has 0 saturated carbocycles. The maximum Gasteiger partial charge on any atom is 0.252 e. The number of methoxy groups -OCH3 is 1. The molecule has 1 heterocycles. The molecule has 0 saturated heterocycles. The van der Waals surface area contributed by atoms with Crippen LogP contribution >= 0.6 is 34.5 Å². The Bertz CT molecular complexity index is 1230. The molecule has 3 aromatic rings. The van der Waals surface area contributed by atoms with Crippen molar-refractivity contribution in [3.8, 4) is 0 Å². The standard InChI is InChI=1S/C19H18Cl2N2O4S2/c1-27-10-9-23-17-14(20)7-8-15(21)18(17)28-19(23)22-16(24)11-12-3-5-13(6-4-12)29(2,25)26/h3-8H,9-11H2,1-2H3. The lowest BCUT2D eigenvalue weighted by atomic mass is 10.1. The Morgan fingerprint density at radius 1 is 1.14 bits per heavy atom. The van der Waals surface area contributed by atoms with Crippen molar-refractivity contribution in [1.82, 2.24) is 4.57 Å². The second kappa shape index (κ2) is 8.97. The highest BCUT2D eigenvalue weighted by atomic mass is 35.5. The maximum absolute atomic E-state index is 12.5. The molecular weight excluding hydrogens is 455 g/mol. The molecule has 10 heteroatoms. The predicted molar refractivity (Wildman–Crippen MR) is 116 cm³/mol. The second-order valence-corrected chi connectivity index (χ2v) is 10.1. The van der Waals surface area contributed by atoms with Crippen LogP contribution in [0.15, 0.2) is 46.3 Å². The Labute approximate surface area is 182 Å². The molecule has 154 valence electrons. The zero-order chi connectivity index (χ0) is 21.2. The lowest BCUT2D eigenvalue weighted by Gasteiger charge is -2.06. The number of nitrogens with zero attached hydrogens (tertiary/aromatic N) is 2. The number of hydrogen-bond donors (Lipinski definition) is 0. The number of benzene rings is 2. The largest absolute Gasteiger partial charge is 0.383 e. The van der Waals surface area contributed by atoms with Gasteiger partial charge in [-0.05, 0) is 29.8 Å². The number of carbonyl (C=O) groups excluding carboxylic acids is 1. The first-order valence-corrected chi connectivity index (χ1v) is 12.0. The smallest absolute Gasteiger partial charge is 0.252 e. The SMILES string of the molecule is COCCn1c(=NC(=O)Cc2ccc(S(C)(=O)=O)cc2)sc2c(Cl)ccc(Cl)c21. The first-order valence-electron chi connectivity index (χ1n) is 8.53. The van der Waals surface area contributed by atoms with E-state index in [-0.39, 0.29) is 17.2 Å². The summed E-state index contributed by atoms with van der Waals surface area (Å²) in [4.78, 5) is 17.5. The van der Waals surface area contributed by atoms with Crippen LogP contribution < -0.4 is 4.80 Å². The zero-order valence-corrected chi connectivity index (χ0v) is 18.8. The third-order valence-electron chi connectivity index (χ3n) is 4.17. The molecule has 2 aromatic carbocycles. The summed E-state index contributed by atoms with van der Waals surface area (Å²) in [7, 11) is -1.69. The fourth-order valence-electron chi connectivity index (χ4n) is 2.76. The van der Waals surface area contributed by atoms with Crippen LogP contribution in [0.5, 0.6) is 0 Å². The molecule has 0 radical (unpaired) electrons. The van der Waals surface area contributed by atoms with Crippen LogP contribution in [0, 0.1) is 0 Å². The number of halogens is 2. The summed E-state index contributed by atoms with van der Waals surface area (Å²) in [6.07, 6.45) is 1.18. The Kier molecular flexibility index (Phi) is 6.80. The van der Waals surface area contributed by atoms with Crippen molar-refractivity contribution in [3.05, 3.63) is 56.8 Å². The first-order chi connectivity index (χ1) is 13.7. The van der Waals surface area contributed by atoms with E-state index in [9.17, 15) is 13.2 Å². The highest BCUT2D eigenvalue weighted by Gasteiger charge is 2.14. The van der Waals surface area contributed by atoms with Crippen LogP contribution in [-0.2, 0) is 32.3 Å². The minimum Gasteiger partial charge on any atom is -0.383 e. The van der Waals surface area contributed by atoms with E-state index in [1.54, 1.807) is 31.4 Å². The number of thiazole rings is 1. The van der Waals surface area contributed by atoms with Gasteiger partial charge in [0, 0.05) is 19.9 Å². The number of rotatable bonds is 6. The van der Waals surface area contributed by atoms with Crippen LogP contribution in [0.2, 0.25) is 10.0 Å². The van der Waals surface area contributed by atoms with Gasteiger partial charge >= 0.3 is 0 Å². The Morgan fingerprint density at radius 2 is 1.79 bits per heavy atom. The third-order valence-corrected chi connectivity index (χ3v) is 7.15. The van der Waals surface area contributed by atoms with Gasteiger partial charge in [-0.25, -0.2) is 8.42 Å². The Balaban J connectivity index is 1.97. The van der Waals surface area contributed by atoms with Gasteiger partial charge in [-0.2, -0.15) is 4.99 Å². The molecule has 0 aliphatic heterocycles. The minimum atomic E-state index is -3.28. The van der Waals surface area contributed by atoms with E-state index in [1.165, 1.54) is 23.5 Å². The maximum atomic E-state index is 12.5. The lowest BCUT2D eigenvalue weighted by molar-refractivity contribution is -0.117. The molecule has 1 aromatic heterocycles. The number of sulfone groups is 1. The van der Waals surface area contributed by atoms with Crippen molar-refractivity contribution in [2.24, 2.45) is 4.99 Å². The summed E-state index contributed by atoms with van der Waals surface area (Å²) in [5, 5.41) is 1.05. The van der Waals surface area contributed by atoms with E-state index in [0.29, 0.717) is 39.1 Å². The van der Waals surface area contributed by atoms with Crippen molar-refractivity contribution in [2.75, 3.05) is 20.0 Å². The van der Waals surface area contributed by atoms with E-state index < -0.39 is 9.84 Å². The molecule has 0 spiro atoms. The van der Waals surface area contributed by atoms with Gasteiger partial charge in [0.25, 0.3) is 5.91 Å². The van der Waals surface area contributed by atoms with E-state index in [2.05, 4.69) is 4.99 Å². The first kappa shape index (κ1) is 22.0. The number of amides is 1. The van der Waals surface area contributed by atoms with E-state index in [1.807, 2.05) is 4.57 Å². The van der Waals surface area contributed by atoms with Crippen LogP contribution in [-0.4, -0.2) is 38.9 Å². The van der Waals surface area contributed by atoms with Gasteiger partial charge < -0.3 is 9.30 Å². The highest BCUT2D eigenvalue weighted by molar-refractivity contribution is 7.90. The number of ether oxygens (including phenoxy) is 1. The van der Waals surface area contributed by atoms with Gasteiger partial charge in [-0.15, -0.1) is 0 Å². The van der Waals surface area contributed by atoms with Crippen molar-refractivity contribution >= 4 is 60.5 Å². The molecule has 0 bridgehead atoms. The van der Waals surface area contributed by atoms with Gasteiger partial charge in [0.05, 0.1) is 38.2 Å². The quantitative estimate of drug-likeness (QED) is 0.547. The van der Waals surface area contributed by atoms with Crippen molar-refractivity contribution in [1.29, 1.82) is 0 Å². The number of aromatic nitrogens is 1. The van der Waals surface area contributed by atoms with E-state index in [4.69, 9.17) is 27.9 Å². The molecule has 6 nitrogen and oxygen atoms in total. The zero-order valence-electron chi connectivity index (χ0n) is 15.7. The third kappa shape index (κ3) is 5.07. The van der Waals surface area contributed by atoms with Crippen molar-refractivity contribution in [3.63, 3.8) is 0 Å². The molecule has 0 unspecified atom stereocenters. The predicted octanol–water partition coefficient (Wildman–Crippen LogP) is 3.73. The van der Waals surface area contributed by atoms with Gasteiger partial charge in [0.1, 0.15) is 0 Å². The minimum absolute atomic E-state index is 0.0457. The molecular formula is C19H18Cl2N2O4S2. The molecule has 0 aliphatic carbocycles. The summed E-state index contributed by atoms with van der Waals surface area (Å²) in [6.45, 7) is 0.884. The fraction of sp³-hybridized carbons (Fsp3) is 0.263. The summed E-state index contributed by atoms with van der Waals surface area (Å²) in [5.41, 5.74) is 1.39. The second-order valence-electron chi connectivity index (χ2n) is 6.33. The summed E-state index contributed by atoms with van der Waals surface area (Å²) in [6, 6.07) is 9.60. The highest BCUT2D eigenvalue weighted by Crippen LogP contribution is 2.31. The average Bonchev–Trinajstić information content (AvgIpc) is 3.02. The fourth-order valence-corrected chi connectivity index (χ4v) is 5.08. The molecule has 0 N–H and O–H groups in total. The molecule has 1 amide bonds. The van der Waals surface area contributed by atoms with Crippen LogP contribution in [0.4, 0.5) is 0 Å². The number of carbonyl (C=O) groups is 1. The normalized spacial score (nSPS) is 12.6. The van der Waals surface area contributed by atoms with Crippen LogP contribution in [0.3, 0.4) is 0 Å². The van der Waals surface area contributed by atoms with E-state index >= 15 is 0 Å². The van der Waals surface area contributed by atoms with Gasteiger partial charge in [-0.3, -0.25) is 4.79 Å². The summed E-state index contributed by atoms with van der Waals surface area (Å²) in [5.74, 6) is -0.359. The lowest BCUT2D eigenvalue weighted by Crippen LogP contribution is -2.20. The topological polar surface area (TPSA) is 77.7 Å². The van der Waals surface area contributed by atoms with Gasteiger partial charge in [-0.1, -0.05) is 46.7 Å².